The van der Waals surface area contributed by atoms with Crippen LogP contribution in [0, 0.1) is 0 Å². The Labute approximate surface area is 113 Å². The molecule has 19 heavy (non-hydrogen) atoms. The number of hydrazine groups is 1. The fourth-order valence-electron chi connectivity index (χ4n) is 1.87. The lowest BCUT2D eigenvalue weighted by atomic mass is 10.1. The molecule has 4 heteroatoms. The molecule has 0 saturated heterocycles. The number of ether oxygens (including phenoxy) is 1. The summed E-state index contributed by atoms with van der Waals surface area (Å²) in [6, 6.07) is 16.0. The predicted octanol–water partition coefficient (Wildman–Crippen LogP) is 2.27. The molecule has 0 bridgehead atoms. The summed E-state index contributed by atoms with van der Waals surface area (Å²) in [5.41, 5.74) is 15.2. The van der Waals surface area contributed by atoms with E-state index in [-0.39, 0.29) is 0 Å². The van der Waals surface area contributed by atoms with Crippen LogP contribution in [0.1, 0.15) is 11.1 Å². The highest BCUT2D eigenvalue weighted by Crippen LogP contribution is 2.19. The van der Waals surface area contributed by atoms with Gasteiger partial charge in [0.1, 0.15) is 5.75 Å². The van der Waals surface area contributed by atoms with Crippen molar-refractivity contribution in [2.24, 2.45) is 5.73 Å². The van der Waals surface area contributed by atoms with E-state index in [4.69, 9.17) is 10.5 Å². The van der Waals surface area contributed by atoms with E-state index in [0.29, 0.717) is 13.1 Å². The second-order valence-corrected chi connectivity index (χ2v) is 4.19. The van der Waals surface area contributed by atoms with Gasteiger partial charge in [0, 0.05) is 24.3 Å². The summed E-state index contributed by atoms with van der Waals surface area (Å²) in [7, 11) is 1.66. The van der Waals surface area contributed by atoms with Crippen molar-refractivity contribution in [2.75, 3.05) is 12.5 Å². The van der Waals surface area contributed by atoms with Crippen molar-refractivity contribution in [2.45, 2.75) is 13.1 Å². The van der Waals surface area contributed by atoms with Gasteiger partial charge in [-0.05, 0) is 29.8 Å². The number of hydrogen-bond donors (Lipinski definition) is 3. The molecule has 4 N–H and O–H groups in total. The minimum atomic E-state index is 0.475. The lowest BCUT2D eigenvalue weighted by Crippen LogP contribution is -2.20. The Balaban J connectivity index is 1.93. The number of nitrogens with two attached hydrogens (primary N) is 1. The Hall–Kier alpha value is -2.04. The van der Waals surface area contributed by atoms with Crippen molar-refractivity contribution in [3.63, 3.8) is 0 Å². The lowest BCUT2D eigenvalue weighted by Gasteiger charge is -2.11. The minimum absolute atomic E-state index is 0.475. The fourth-order valence-corrected chi connectivity index (χ4v) is 1.87. The molecule has 0 aliphatic rings. The molecule has 0 fully saturated rings. The maximum Gasteiger partial charge on any atom is 0.123 e. The normalized spacial score (nSPS) is 10.2. The Bertz CT molecular complexity index is 514. The van der Waals surface area contributed by atoms with Crippen LogP contribution in [0.3, 0.4) is 0 Å². The van der Waals surface area contributed by atoms with E-state index in [1.54, 1.807) is 7.11 Å². The number of methoxy groups -OCH3 is 1. The smallest absolute Gasteiger partial charge is 0.123 e. The molecule has 0 amide bonds. The largest absolute Gasteiger partial charge is 0.496 e. The molecule has 0 aliphatic carbocycles. The highest BCUT2D eigenvalue weighted by molar-refractivity contribution is 5.41. The molecule has 4 nitrogen and oxygen atoms in total. The number of para-hydroxylation sites is 1. The van der Waals surface area contributed by atoms with E-state index in [1.165, 1.54) is 0 Å². The third-order valence-corrected chi connectivity index (χ3v) is 2.86. The molecule has 0 unspecified atom stereocenters. The van der Waals surface area contributed by atoms with Crippen molar-refractivity contribution in [1.29, 1.82) is 0 Å². The van der Waals surface area contributed by atoms with Gasteiger partial charge >= 0.3 is 0 Å². The third-order valence-electron chi connectivity index (χ3n) is 2.86. The monoisotopic (exact) mass is 257 g/mol. The molecule has 0 radical (unpaired) electrons. The third kappa shape index (κ3) is 3.71. The topological polar surface area (TPSA) is 59.3 Å². The molecule has 0 spiro atoms. The van der Waals surface area contributed by atoms with Crippen LogP contribution in [0.15, 0.2) is 48.5 Å². The van der Waals surface area contributed by atoms with Crippen LogP contribution in [0.4, 0.5) is 5.69 Å². The van der Waals surface area contributed by atoms with Crippen LogP contribution in [-0.4, -0.2) is 7.11 Å². The number of benzene rings is 2. The van der Waals surface area contributed by atoms with E-state index in [0.717, 1.165) is 22.6 Å². The van der Waals surface area contributed by atoms with E-state index < -0.39 is 0 Å². The SMILES string of the molecule is COc1ccc(CNNc2ccccc2)cc1CN. The van der Waals surface area contributed by atoms with Crippen LogP contribution in [0.2, 0.25) is 0 Å². The summed E-state index contributed by atoms with van der Waals surface area (Å²) in [5, 5.41) is 0. The highest BCUT2D eigenvalue weighted by Gasteiger charge is 2.02. The van der Waals surface area contributed by atoms with Gasteiger partial charge in [-0.1, -0.05) is 24.3 Å². The Morgan fingerprint density at radius 3 is 2.58 bits per heavy atom. The van der Waals surface area contributed by atoms with E-state index in [1.807, 2.05) is 42.5 Å². The van der Waals surface area contributed by atoms with Crippen molar-refractivity contribution < 1.29 is 4.74 Å². The molecular formula is C15H19N3O. The van der Waals surface area contributed by atoms with Gasteiger partial charge in [0.2, 0.25) is 0 Å². The van der Waals surface area contributed by atoms with Crippen LogP contribution in [-0.2, 0) is 13.1 Å². The summed E-state index contributed by atoms with van der Waals surface area (Å²) in [6.45, 7) is 1.19. The Kier molecular flexibility index (Phi) is 4.78. The van der Waals surface area contributed by atoms with Gasteiger partial charge in [0.05, 0.1) is 7.11 Å². The average Bonchev–Trinajstić information content (AvgIpc) is 2.48. The predicted molar refractivity (Wildman–Crippen MR) is 77.8 cm³/mol. The van der Waals surface area contributed by atoms with Gasteiger partial charge in [-0.15, -0.1) is 0 Å². The summed E-state index contributed by atoms with van der Waals surface area (Å²) in [4.78, 5) is 0. The van der Waals surface area contributed by atoms with E-state index in [9.17, 15) is 0 Å². The Morgan fingerprint density at radius 2 is 1.89 bits per heavy atom. The maximum atomic E-state index is 5.70. The van der Waals surface area contributed by atoms with Crippen molar-refractivity contribution >= 4 is 5.69 Å². The molecule has 2 aromatic rings. The van der Waals surface area contributed by atoms with Crippen molar-refractivity contribution in [3.05, 3.63) is 59.7 Å². The summed E-state index contributed by atoms with van der Waals surface area (Å²) >= 11 is 0. The number of nitrogens with one attached hydrogen (secondary N) is 2. The second kappa shape index (κ2) is 6.78. The Morgan fingerprint density at radius 1 is 1.11 bits per heavy atom. The van der Waals surface area contributed by atoms with Gasteiger partial charge in [-0.3, -0.25) is 0 Å². The number of rotatable bonds is 6. The molecule has 0 aromatic heterocycles. The number of hydrogen-bond acceptors (Lipinski definition) is 4. The molecule has 100 valence electrons. The minimum Gasteiger partial charge on any atom is -0.496 e. The zero-order chi connectivity index (χ0) is 13.5. The maximum absolute atomic E-state index is 5.70. The van der Waals surface area contributed by atoms with Crippen molar-refractivity contribution in [3.8, 4) is 5.75 Å². The standard InChI is InChI=1S/C15H19N3O/c1-19-15-8-7-12(9-13(15)10-16)11-17-18-14-5-3-2-4-6-14/h2-9,17-18H,10-11,16H2,1H3. The van der Waals surface area contributed by atoms with Crippen LogP contribution < -0.4 is 21.3 Å². The first-order chi connectivity index (χ1) is 9.33. The summed E-state index contributed by atoms with van der Waals surface area (Å²) in [5.74, 6) is 0.835. The second-order valence-electron chi connectivity index (χ2n) is 4.19. The lowest BCUT2D eigenvalue weighted by molar-refractivity contribution is 0.409. The molecule has 0 saturated carbocycles. The summed E-state index contributed by atoms with van der Waals surface area (Å²) < 4.78 is 5.25. The van der Waals surface area contributed by atoms with E-state index >= 15 is 0 Å². The fraction of sp³-hybridized carbons (Fsp3) is 0.200. The quantitative estimate of drug-likeness (QED) is 0.695. The molecule has 2 aromatic carbocycles. The molecule has 2 rings (SSSR count). The van der Waals surface area contributed by atoms with Crippen LogP contribution >= 0.6 is 0 Å². The zero-order valence-electron chi connectivity index (χ0n) is 11.0. The molecule has 0 atom stereocenters. The van der Waals surface area contributed by atoms with Gasteiger partial charge in [0.25, 0.3) is 0 Å². The zero-order valence-corrected chi connectivity index (χ0v) is 11.0. The van der Waals surface area contributed by atoms with Crippen LogP contribution in [0.5, 0.6) is 5.75 Å². The first-order valence-corrected chi connectivity index (χ1v) is 6.23. The van der Waals surface area contributed by atoms with Gasteiger partial charge < -0.3 is 15.9 Å². The number of anilines is 1. The van der Waals surface area contributed by atoms with E-state index in [2.05, 4.69) is 16.9 Å². The van der Waals surface area contributed by atoms with Crippen molar-refractivity contribution in [1.82, 2.24) is 5.43 Å². The molecule has 0 aliphatic heterocycles. The van der Waals surface area contributed by atoms with Gasteiger partial charge in [-0.2, -0.15) is 0 Å². The summed E-state index contributed by atoms with van der Waals surface area (Å²) in [6.07, 6.45) is 0. The highest BCUT2D eigenvalue weighted by atomic mass is 16.5. The first-order valence-electron chi connectivity index (χ1n) is 6.23. The molecular weight excluding hydrogens is 238 g/mol. The average molecular weight is 257 g/mol. The first kappa shape index (κ1) is 13.4. The van der Waals surface area contributed by atoms with Gasteiger partial charge in [0.15, 0.2) is 0 Å². The molecule has 0 heterocycles. The van der Waals surface area contributed by atoms with Crippen LogP contribution in [0.25, 0.3) is 0 Å². The van der Waals surface area contributed by atoms with Gasteiger partial charge in [-0.25, -0.2) is 5.43 Å².